The molecule has 27 heavy (non-hydrogen) atoms. The number of aryl methyl sites for hydroxylation is 2. The molecule has 2 rings (SSSR count). The molecule has 0 spiro atoms. The van der Waals surface area contributed by atoms with Crippen LogP contribution in [0, 0.1) is 13.8 Å². The van der Waals surface area contributed by atoms with E-state index in [0.717, 1.165) is 35.5 Å². The van der Waals surface area contributed by atoms with E-state index >= 15 is 0 Å². The van der Waals surface area contributed by atoms with Gasteiger partial charge in [-0.15, -0.1) is 0 Å². The molecule has 0 fully saturated rings. The number of carbonyl (C=O) groups excluding carboxylic acids is 1. The Labute approximate surface area is 162 Å². The van der Waals surface area contributed by atoms with Crippen molar-refractivity contribution in [3.63, 3.8) is 0 Å². The monoisotopic (exact) mass is 369 g/mol. The lowest BCUT2D eigenvalue weighted by Crippen LogP contribution is -2.37. The van der Waals surface area contributed by atoms with Crippen LogP contribution in [0.2, 0.25) is 0 Å². The number of carbonyl (C=O) groups is 1. The van der Waals surface area contributed by atoms with Gasteiger partial charge < -0.3 is 14.8 Å². The van der Waals surface area contributed by atoms with Crippen molar-refractivity contribution in [1.82, 2.24) is 5.32 Å². The number of nitrogens with one attached hydrogen (secondary N) is 1. The lowest BCUT2D eigenvalue weighted by Gasteiger charge is -2.17. The van der Waals surface area contributed by atoms with Crippen molar-refractivity contribution < 1.29 is 14.3 Å². The minimum atomic E-state index is -0.516. The van der Waals surface area contributed by atoms with Gasteiger partial charge in [-0.3, -0.25) is 4.79 Å². The van der Waals surface area contributed by atoms with Crippen molar-refractivity contribution in [2.75, 3.05) is 6.54 Å². The summed E-state index contributed by atoms with van der Waals surface area (Å²) in [7, 11) is 0. The summed E-state index contributed by atoms with van der Waals surface area (Å²) in [6.07, 6.45) is 1.46. The number of benzene rings is 2. The van der Waals surface area contributed by atoms with E-state index in [1.165, 1.54) is 5.56 Å². The van der Waals surface area contributed by atoms with E-state index < -0.39 is 6.10 Å². The first-order valence-corrected chi connectivity index (χ1v) is 9.63. The molecule has 0 saturated carbocycles. The van der Waals surface area contributed by atoms with Crippen molar-refractivity contribution in [3.8, 4) is 11.5 Å². The molecule has 0 heterocycles. The van der Waals surface area contributed by atoms with E-state index in [4.69, 9.17) is 9.47 Å². The number of hydrogen-bond acceptors (Lipinski definition) is 3. The third-order valence-electron chi connectivity index (χ3n) is 4.46. The van der Waals surface area contributed by atoms with Crippen LogP contribution in [-0.4, -0.2) is 24.7 Å². The van der Waals surface area contributed by atoms with E-state index in [0.29, 0.717) is 6.54 Å². The van der Waals surface area contributed by atoms with Gasteiger partial charge in [-0.05, 0) is 82.3 Å². The fourth-order valence-electron chi connectivity index (χ4n) is 2.75. The zero-order valence-corrected chi connectivity index (χ0v) is 17.0. The minimum absolute atomic E-state index is 0.0865. The molecule has 0 aliphatic rings. The quantitative estimate of drug-likeness (QED) is 0.657. The van der Waals surface area contributed by atoms with Crippen molar-refractivity contribution in [3.05, 3.63) is 59.2 Å². The van der Waals surface area contributed by atoms with Gasteiger partial charge in [0, 0.05) is 6.54 Å². The Morgan fingerprint density at radius 2 is 1.70 bits per heavy atom. The van der Waals surface area contributed by atoms with Gasteiger partial charge in [0.05, 0.1) is 6.10 Å². The molecule has 1 N–H and O–H groups in total. The molecule has 146 valence electrons. The smallest absolute Gasteiger partial charge is 0.260 e. The van der Waals surface area contributed by atoms with Crippen molar-refractivity contribution in [2.45, 2.75) is 59.7 Å². The van der Waals surface area contributed by atoms with Crippen LogP contribution < -0.4 is 14.8 Å². The lowest BCUT2D eigenvalue weighted by molar-refractivity contribution is -0.127. The molecule has 0 aromatic heterocycles. The Morgan fingerprint density at radius 1 is 1.00 bits per heavy atom. The average molecular weight is 370 g/mol. The van der Waals surface area contributed by atoms with Crippen LogP contribution in [0.5, 0.6) is 11.5 Å². The summed E-state index contributed by atoms with van der Waals surface area (Å²) in [6.45, 7) is 10.5. The van der Waals surface area contributed by atoms with Crippen molar-refractivity contribution >= 4 is 5.91 Å². The zero-order chi connectivity index (χ0) is 19.8. The van der Waals surface area contributed by atoms with E-state index in [1.54, 1.807) is 6.92 Å². The predicted molar refractivity (Wildman–Crippen MR) is 110 cm³/mol. The summed E-state index contributed by atoms with van der Waals surface area (Å²) in [5.41, 5.74) is 3.46. The maximum absolute atomic E-state index is 12.2. The molecule has 0 radical (unpaired) electrons. The average Bonchev–Trinajstić information content (AvgIpc) is 2.63. The van der Waals surface area contributed by atoms with Gasteiger partial charge in [0.15, 0.2) is 6.10 Å². The number of rotatable bonds is 9. The summed E-state index contributed by atoms with van der Waals surface area (Å²) >= 11 is 0. The molecule has 0 unspecified atom stereocenters. The zero-order valence-electron chi connectivity index (χ0n) is 17.0. The maximum Gasteiger partial charge on any atom is 0.260 e. The van der Waals surface area contributed by atoms with E-state index in [2.05, 4.69) is 17.4 Å². The molecular formula is C23H31NO3. The number of amides is 1. The Bertz CT molecular complexity index is 738. The Hall–Kier alpha value is -2.49. The summed E-state index contributed by atoms with van der Waals surface area (Å²) in [5, 5.41) is 2.96. The molecule has 1 amide bonds. The second-order valence-electron chi connectivity index (χ2n) is 7.16. The standard InChI is InChI=1S/C23H31NO3/c1-16(2)26-21-13-11-20(12-14-21)9-7-15-24-23(25)19(5)27-22-10-6-8-17(3)18(22)4/h6,8,10-14,16,19H,7,9,15H2,1-5H3,(H,24,25)/t19-/m0/s1. The molecule has 1 atom stereocenters. The van der Waals surface area contributed by atoms with Gasteiger partial charge >= 0.3 is 0 Å². The van der Waals surface area contributed by atoms with Crippen LogP contribution in [0.25, 0.3) is 0 Å². The highest BCUT2D eigenvalue weighted by Crippen LogP contribution is 2.21. The first-order chi connectivity index (χ1) is 12.9. The molecular weight excluding hydrogens is 338 g/mol. The highest BCUT2D eigenvalue weighted by Gasteiger charge is 2.15. The highest BCUT2D eigenvalue weighted by molar-refractivity contribution is 5.80. The van der Waals surface area contributed by atoms with Crippen LogP contribution in [-0.2, 0) is 11.2 Å². The Balaban J connectivity index is 1.73. The number of ether oxygens (including phenoxy) is 2. The van der Waals surface area contributed by atoms with Crippen molar-refractivity contribution in [1.29, 1.82) is 0 Å². The molecule has 0 aliphatic carbocycles. The fraction of sp³-hybridized carbons (Fsp3) is 0.435. The molecule has 0 saturated heterocycles. The van der Waals surface area contributed by atoms with Crippen LogP contribution in [0.15, 0.2) is 42.5 Å². The van der Waals surface area contributed by atoms with Crippen LogP contribution in [0.1, 0.15) is 43.9 Å². The second-order valence-corrected chi connectivity index (χ2v) is 7.16. The molecule has 0 aliphatic heterocycles. The maximum atomic E-state index is 12.2. The molecule has 0 bridgehead atoms. The van der Waals surface area contributed by atoms with E-state index in [1.807, 2.05) is 58.0 Å². The van der Waals surface area contributed by atoms with Crippen LogP contribution >= 0.6 is 0 Å². The van der Waals surface area contributed by atoms with Crippen LogP contribution in [0.3, 0.4) is 0 Å². The largest absolute Gasteiger partial charge is 0.491 e. The SMILES string of the molecule is Cc1cccc(O[C@@H](C)C(=O)NCCCc2ccc(OC(C)C)cc2)c1C. The first kappa shape index (κ1) is 20.8. The highest BCUT2D eigenvalue weighted by atomic mass is 16.5. The third kappa shape index (κ3) is 6.63. The fourth-order valence-corrected chi connectivity index (χ4v) is 2.75. The second kappa shape index (κ2) is 10.0. The Kier molecular flexibility index (Phi) is 7.71. The lowest BCUT2D eigenvalue weighted by atomic mass is 10.1. The molecule has 4 nitrogen and oxygen atoms in total. The van der Waals surface area contributed by atoms with Crippen molar-refractivity contribution in [2.24, 2.45) is 0 Å². The molecule has 2 aromatic rings. The summed E-state index contributed by atoms with van der Waals surface area (Å²) < 4.78 is 11.5. The first-order valence-electron chi connectivity index (χ1n) is 9.63. The van der Waals surface area contributed by atoms with Crippen LogP contribution in [0.4, 0.5) is 0 Å². The Morgan fingerprint density at radius 3 is 2.37 bits per heavy atom. The van der Waals surface area contributed by atoms with Gasteiger partial charge in [0.25, 0.3) is 5.91 Å². The normalized spacial score (nSPS) is 11.9. The molecule has 4 heteroatoms. The minimum Gasteiger partial charge on any atom is -0.491 e. The van der Waals surface area contributed by atoms with Gasteiger partial charge in [0.1, 0.15) is 11.5 Å². The predicted octanol–water partition coefficient (Wildman–Crippen LogP) is 4.61. The van der Waals surface area contributed by atoms with Gasteiger partial charge in [-0.25, -0.2) is 0 Å². The summed E-state index contributed by atoms with van der Waals surface area (Å²) in [4.78, 5) is 12.2. The molecule has 2 aromatic carbocycles. The van der Waals surface area contributed by atoms with E-state index in [-0.39, 0.29) is 12.0 Å². The van der Waals surface area contributed by atoms with Gasteiger partial charge in [-0.1, -0.05) is 24.3 Å². The topological polar surface area (TPSA) is 47.6 Å². The van der Waals surface area contributed by atoms with Gasteiger partial charge in [0.2, 0.25) is 0 Å². The van der Waals surface area contributed by atoms with E-state index in [9.17, 15) is 4.79 Å². The number of hydrogen-bond donors (Lipinski definition) is 1. The third-order valence-corrected chi connectivity index (χ3v) is 4.46. The van der Waals surface area contributed by atoms with Gasteiger partial charge in [-0.2, -0.15) is 0 Å². The summed E-state index contributed by atoms with van der Waals surface area (Å²) in [5.74, 6) is 1.57. The summed E-state index contributed by atoms with van der Waals surface area (Å²) in [6, 6.07) is 14.0.